The Hall–Kier alpha value is -0.160. The molecule has 4 nitrogen and oxygen atoms in total. The zero-order valence-electron chi connectivity index (χ0n) is 15.9. The number of rotatable bonds is 9. The molecule has 5 rings (SSSR count). The summed E-state index contributed by atoms with van der Waals surface area (Å²) in [4.78, 5) is 1.45. The molecule has 0 aromatic rings. The van der Waals surface area contributed by atoms with Crippen molar-refractivity contribution in [2.75, 3.05) is 46.1 Å². The van der Waals surface area contributed by atoms with E-state index in [0.29, 0.717) is 12.0 Å². The number of hydrogen-bond donors (Lipinski definition) is 2. The third-order valence-corrected chi connectivity index (χ3v) is 7.45. The molecule has 0 spiro atoms. The largest absolute Gasteiger partial charge is 0.385 e. The fourth-order valence-electron chi connectivity index (χ4n) is 6.78. The van der Waals surface area contributed by atoms with Crippen LogP contribution in [0.2, 0.25) is 0 Å². The summed E-state index contributed by atoms with van der Waals surface area (Å²) < 4.78 is 11.1. The van der Waals surface area contributed by atoms with Crippen LogP contribution in [0.15, 0.2) is 0 Å². The van der Waals surface area contributed by atoms with Crippen molar-refractivity contribution in [3.05, 3.63) is 0 Å². The first kappa shape index (κ1) is 18.2. The second kappa shape index (κ2) is 8.24. The first-order valence-electron chi connectivity index (χ1n) is 10.9. The van der Waals surface area contributed by atoms with Crippen molar-refractivity contribution in [3.8, 4) is 0 Å². The lowest BCUT2D eigenvalue weighted by Gasteiger charge is -2.57. The van der Waals surface area contributed by atoms with Crippen LogP contribution in [0, 0.1) is 23.2 Å². The highest BCUT2D eigenvalue weighted by atomic mass is 16.5. The van der Waals surface area contributed by atoms with Gasteiger partial charge in [0.15, 0.2) is 0 Å². The molecule has 4 saturated carbocycles. The van der Waals surface area contributed by atoms with E-state index < -0.39 is 0 Å². The Balaban J connectivity index is 1.07. The van der Waals surface area contributed by atoms with Crippen LogP contribution in [0.3, 0.4) is 0 Å². The van der Waals surface area contributed by atoms with Crippen molar-refractivity contribution >= 4 is 0 Å². The maximum absolute atomic E-state index is 10.1. The van der Waals surface area contributed by atoms with E-state index in [-0.39, 0.29) is 6.10 Å². The Morgan fingerprint density at radius 3 is 2.28 bits per heavy atom. The molecule has 1 aliphatic heterocycles. The topological polar surface area (TPSA) is 43.1 Å². The molecule has 1 heterocycles. The Morgan fingerprint density at radius 2 is 1.64 bits per heavy atom. The van der Waals surface area contributed by atoms with Gasteiger partial charge >= 0.3 is 0 Å². The first-order valence-corrected chi connectivity index (χ1v) is 10.9. The maximum atomic E-state index is 10.1. The number of aliphatic hydroxyl groups excluding tert-OH is 1. The number of ether oxygens (including phenoxy) is 2. The average Bonchev–Trinajstić information content (AvgIpc) is 2.57. The molecular formula is C21H38NO3+. The minimum absolute atomic E-state index is 0.323. The van der Waals surface area contributed by atoms with Crippen molar-refractivity contribution < 1.29 is 19.5 Å². The third-order valence-electron chi connectivity index (χ3n) is 7.45. The van der Waals surface area contributed by atoms with Gasteiger partial charge in [0.1, 0.15) is 25.7 Å². The lowest BCUT2D eigenvalue weighted by molar-refractivity contribution is -0.911. The molecule has 5 aliphatic rings. The molecule has 2 N–H and O–H groups in total. The normalized spacial score (nSPS) is 39.0. The minimum atomic E-state index is -0.323. The molecular weight excluding hydrogens is 314 g/mol. The van der Waals surface area contributed by atoms with Gasteiger partial charge in [-0.05, 0) is 74.5 Å². The van der Waals surface area contributed by atoms with Crippen LogP contribution in [-0.2, 0) is 9.47 Å². The Morgan fingerprint density at radius 1 is 1.00 bits per heavy atom. The minimum Gasteiger partial charge on any atom is -0.385 e. The molecule has 4 heteroatoms. The van der Waals surface area contributed by atoms with Gasteiger partial charge in [-0.3, -0.25) is 0 Å². The van der Waals surface area contributed by atoms with Crippen molar-refractivity contribution in [1.82, 2.24) is 0 Å². The second-order valence-electron chi connectivity index (χ2n) is 9.67. The molecule has 1 atom stereocenters. The smallest absolute Gasteiger partial charge is 0.126 e. The number of hydrogen-bond acceptors (Lipinski definition) is 3. The lowest BCUT2D eigenvalue weighted by atomic mass is 9.48. The van der Waals surface area contributed by atoms with Gasteiger partial charge in [-0.15, -0.1) is 0 Å². The standard InChI is InChI=1S/C21H37NO3/c23-20(15-22-4-7-24-8-5-22)16-25-6-2-1-3-21-12-17-9-18(13-21)11-19(10-17)14-21/h17-20,23H,1-16H2/p+1/t17?,18?,19?,20-,21?/m1/s1. The fraction of sp³-hybridized carbons (Fsp3) is 1.00. The lowest BCUT2D eigenvalue weighted by Crippen LogP contribution is -3.15. The molecule has 144 valence electrons. The van der Waals surface area contributed by atoms with E-state index in [9.17, 15) is 5.11 Å². The molecule has 4 aliphatic carbocycles. The summed E-state index contributed by atoms with van der Waals surface area (Å²) in [7, 11) is 0. The van der Waals surface area contributed by atoms with Gasteiger partial charge < -0.3 is 19.5 Å². The van der Waals surface area contributed by atoms with Crippen LogP contribution in [0.5, 0.6) is 0 Å². The highest BCUT2D eigenvalue weighted by molar-refractivity contribution is 5.01. The Bertz CT molecular complexity index is 386. The van der Waals surface area contributed by atoms with Gasteiger partial charge in [-0.1, -0.05) is 6.42 Å². The van der Waals surface area contributed by atoms with Crippen LogP contribution in [0.4, 0.5) is 0 Å². The van der Waals surface area contributed by atoms with Crippen LogP contribution < -0.4 is 4.90 Å². The van der Waals surface area contributed by atoms with E-state index in [1.165, 1.54) is 43.4 Å². The van der Waals surface area contributed by atoms with Crippen molar-refractivity contribution in [2.45, 2.75) is 63.9 Å². The molecule has 0 unspecified atom stereocenters. The molecule has 0 radical (unpaired) electrons. The van der Waals surface area contributed by atoms with Gasteiger partial charge in [0.05, 0.1) is 19.8 Å². The second-order valence-corrected chi connectivity index (χ2v) is 9.67. The third kappa shape index (κ3) is 4.77. The molecule has 5 fully saturated rings. The van der Waals surface area contributed by atoms with Crippen molar-refractivity contribution in [1.29, 1.82) is 0 Å². The molecule has 0 aromatic carbocycles. The van der Waals surface area contributed by atoms with Gasteiger partial charge in [-0.25, -0.2) is 0 Å². The van der Waals surface area contributed by atoms with Crippen LogP contribution >= 0.6 is 0 Å². The number of morpholine rings is 1. The number of quaternary nitrogens is 1. The average molecular weight is 353 g/mol. The molecule has 0 amide bonds. The Kier molecular flexibility index (Phi) is 6.01. The van der Waals surface area contributed by atoms with Gasteiger partial charge in [0, 0.05) is 6.61 Å². The van der Waals surface area contributed by atoms with E-state index >= 15 is 0 Å². The fourth-order valence-corrected chi connectivity index (χ4v) is 6.78. The summed E-state index contributed by atoms with van der Waals surface area (Å²) >= 11 is 0. The summed E-state index contributed by atoms with van der Waals surface area (Å²) in [5, 5.41) is 10.1. The van der Waals surface area contributed by atoms with Crippen molar-refractivity contribution in [3.63, 3.8) is 0 Å². The summed E-state index contributed by atoms with van der Waals surface area (Å²) in [6.45, 7) is 5.81. The van der Waals surface area contributed by atoms with Gasteiger partial charge in [-0.2, -0.15) is 0 Å². The van der Waals surface area contributed by atoms with Crippen LogP contribution in [-0.4, -0.2) is 57.3 Å². The van der Waals surface area contributed by atoms with Crippen LogP contribution in [0.1, 0.15) is 57.8 Å². The van der Waals surface area contributed by atoms with E-state index in [1.54, 1.807) is 19.3 Å². The van der Waals surface area contributed by atoms with E-state index in [0.717, 1.165) is 57.2 Å². The van der Waals surface area contributed by atoms with E-state index in [2.05, 4.69) is 0 Å². The van der Waals surface area contributed by atoms with Crippen molar-refractivity contribution in [2.24, 2.45) is 23.2 Å². The summed E-state index contributed by atoms with van der Waals surface area (Å²) in [6, 6.07) is 0. The summed E-state index contributed by atoms with van der Waals surface area (Å²) in [6.07, 6.45) is 12.8. The quantitative estimate of drug-likeness (QED) is 0.621. The SMILES string of the molecule is O[C@@H](COCCCCC12CC3CC(CC(C3)C1)C2)C[NH+]1CCOCC1. The molecule has 1 saturated heterocycles. The zero-order chi connectivity index (χ0) is 17.1. The first-order chi connectivity index (χ1) is 12.2. The van der Waals surface area contributed by atoms with Gasteiger partial charge in [0.2, 0.25) is 0 Å². The van der Waals surface area contributed by atoms with E-state index in [4.69, 9.17) is 9.47 Å². The van der Waals surface area contributed by atoms with Gasteiger partial charge in [0.25, 0.3) is 0 Å². The monoisotopic (exact) mass is 352 g/mol. The maximum Gasteiger partial charge on any atom is 0.126 e. The highest BCUT2D eigenvalue weighted by Gasteiger charge is 2.50. The number of aliphatic hydroxyl groups is 1. The zero-order valence-corrected chi connectivity index (χ0v) is 15.9. The molecule has 0 aromatic heterocycles. The number of unbranched alkanes of at least 4 members (excludes halogenated alkanes) is 1. The van der Waals surface area contributed by atoms with E-state index in [1.807, 2.05) is 0 Å². The summed E-state index contributed by atoms with van der Waals surface area (Å²) in [5.74, 6) is 3.21. The predicted molar refractivity (Wildman–Crippen MR) is 97.7 cm³/mol. The highest BCUT2D eigenvalue weighted by Crippen LogP contribution is 2.61. The number of nitrogens with one attached hydrogen (secondary N) is 1. The van der Waals surface area contributed by atoms with Crippen LogP contribution in [0.25, 0.3) is 0 Å². The summed E-state index contributed by atoms with van der Waals surface area (Å²) in [5.41, 5.74) is 0.716. The Labute approximate surface area is 153 Å². The molecule has 25 heavy (non-hydrogen) atoms. The predicted octanol–water partition coefficient (Wildman–Crippen LogP) is 1.67. The molecule has 4 bridgehead atoms.